The van der Waals surface area contributed by atoms with E-state index in [1.807, 2.05) is 19.1 Å². The predicted molar refractivity (Wildman–Crippen MR) is 99.4 cm³/mol. The number of nitrogens with zero attached hydrogens (tertiary/aromatic N) is 1. The van der Waals surface area contributed by atoms with Gasteiger partial charge in [0.1, 0.15) is 12.2 Å². The molecule has 5 atom stereocenters. The van der Waals surface area contributed by atoms with E-state index in [0.29, 0.717) is 12.0 Å². The van der Waals surface area contributed by atoms with Crippen LogP contribution in [0.2, 0.25) is 0 Å². The van der Waals surface area contributed by atoms with Crippen molar-refractivity contribution in [3.8, 4) is 11.5 Å². The summed E-state index contributed by atoms with van der Waals surface area (Å²) in [7, 11) is 1.68. The van der Waals surface area contributed by atoms with E-state index < -0.39 is 6.10 Å². The standard InChI is InChI=1S/C21H26N2O3/c1-12(22)7-9-23-10-8-21-14-4-5-16(24)20(21)26-19-17(25-2)6-3-13(18(19)21)11-15(14)23/h3-6,14-16,20,22,24H,7-11H2,1-2H3/t14?,15-,16+,20+,21+/m1/s1. The normalized spacial score (nSPS) is 36.4. The average molecular weight is 354 g/mol. The van der Waals surface area contributed by atoms with Gasteiger partial charge in [-0.1, -0.05) is 18.2 Å². The van der Waals surface area contributed by atoms with Crippen LogP contribution in [0.4, 0.5) is 0 Å². The van der Waals surface area contributed by atoms with Crippen molar-refractivity contribution in [2.24, 2.45) is 5.92 Å². The van der Waals surface area contributed by atoms with Crippen LogP contribution in [-0.2, 0) is 11.8 Å². The van der Waals surface area contributed by atoms with Gasteiger partial charge < -0.3 is 20.0 Å². The maximum Gasteiger partial charge on any atom is 0.165 e. The van der Waals surface area contributed by atoms with Gasteiger partial charge in [0.05, 0.1) is 7.11 Å². The Morgan fingerprint density at radius 3 is 3.04 bits per heavy atom. The third-order valence-corrected chi connectivity index (χ3v) is 6.97. The van der Waals surface area contributed by atoms with Crippen LogP contribution in [0.25, 0.3) is 0 Å². The molecule has 0 radical (unpaired) electrons. The molecule has 2 N–H and O–H groups in total. The van der Waals surface area contributed by atoms with Crippen LogP contribution in [0.3, 0.4) is 0 Å². The lowest BCUT2D eigenvalue weighted by Crippen LogP contribution is -2.65. The van der Waals surface area contributed by atoms with Crippen molar-refractivity contribution in [3.63, 3.8) is 0 Å². The highest BCUT2D eigenvalue weighted by Crippen LogP contribution is 2.62. The first-order valence-corrected chi connectivity index (χ1v) is 9.57. The van der Waals surface area contributed by atoms with E-state index in [2.05, 4.69) is 17.0 Å². The maximum absolute atomic E-state index is 10.7. The molecule has 1 spiro atoms. The van der Waals surface area contributed by atoms with Crippen molar-refractivity contribution < 1.29 is 14.6 Å². The van der Waals surface area contributed by atoms with Crippen LogP contribution in [0, 0.1) is 11.3 Å². The van der Waals surface area contributed by atoms with Crippen molar-refractivity contribution in [1.82, 2.24) is 4.90 Å². The molecule has 138 valence electrons. The highest BCUT2D eigenvalue weighted by Gasteiger charge is 2.64. The molecule has 2 bridgehead atoms. The van der Waals surface area contributed by atoms with Gasteiger partial charge in [0.25, 0.3) is 0 Å². The summed E-state index contributed by atoms with van der Waals surface area (Å²) in [5.74, 6) is 1.97. The molecule has 2 aliphatic carbocycles. The lowest BCUT2D eigenvalue weighted by Gasteiger charge is -2.57. The van der Waals surface area contributed by atoms with Gasteiger partial charge in [0.15, 0.2) is 11.5 Å². The van der Waals surface area contributed by atoms with Crippen LogP contribution in [0.15, 0.2) is 24.3 Å². The van der Waals surface area contributed by atoms with Gasteiger partial charge in [0, 0.05) is 35.2 Å². The van der Waals surface area contributed by atoms with Crippen molar-refractivity contribution in [3.05, 3.63) is 35.4 Å². The van der Waals surface area contributed by atoms with E-state index in [4.69, 9.17) is 14.9 Å². The Kier molecular flexibility index (Phi) is 3.50. The molecule has 5 rings (SSSR count). The fraction of sp³-hybridized carbons (Fsp3) is 0.571. The largest absolute Gasteiger partial charge is 0.493 e. The number of nitrogens with one attached hydrogen (secondary N) is 1. The zero-order valence-electron chi connectivity index (χ0n) is 15.4. The number of benzene rings is 1. The molecule has 0 aromatic heterocycles. The molecule has 0 amide bonds. The summed E-state index contributed by atoms with van der Waals surface area (Å²) < 4.78 is 11.9. The summed E-state index contributed by atoms with van der Waals surface area (Å²) in [5.41, 5.74) is 3.22. The van der Waals surface area contributed by atoms with Crippen LogP contribution in [0.1, 0.15) is 30.9 Å². The Bertz CT molecular complexity index is 805. The van der Waals surface area contributed by atoms with E-state index in [1.165, 1.54) is 11.1 Å². The third-order valence-electron chi connectivity index (χ3n) is 6.97. The fourth-order valence-electron chi connectivity index (χ4n) is 5.87. The minimum atomic E-state index is -0.578. The Labute approximate surface area is 154 Å². The number of ether oxygens (including phenoxy) is 2. The molecule has 2 aliphatic heterocycles. The lowest BCUT2D eigenvalue weighted by atomic mass is 9.53. The van der Waals surface area contributed by atoms with Gasteiger partial charge in [0.2, 0.25) is 0 Å². The zero-order valence-corrected chi connectivity index (χ0v) is 15.4. The Morgan fingerprint density at radius 1 is 1.42 bits per heavy atom. The van der Waals surface area contributed by atoms with Crippen molar-refractivity contribution in [2.75, 3.05) is 20.2 Å². The number of aliphatic hydroxyl groups is 1. The fourth-order valence-corrected chi connectivity index (χ4v) is 5.87. The molecule has 1 aromatic carbocycles. The highest BCUT2D eigenvalue weighted by atomic mass is 16.5. The first kappa shape index (κ1) is 16.3. The number of hydrogen-bond acceptors (Lipinski definition) is 5. The van der Waals surface area contributed by atoms with Crippen LogP contribution in [0.5, 0.6) is 11.5 Å². The van der Waals surface area contributed by atoms with Gasteiger partial charge in [-0.05, 0) is 44.4 Å². The minimum Gasteiger partial charge on any atom is -0.493 e. The van der Waals surface area contributed by atoms with E-state index in [0.717, 1.165) is 49.6 Å². The van der Waals surface area contributed by atoms with E-state index in [1.54, 1.807) is 7.11 Å². The second-order valence-electron chi connectivity index (χ2n) is 8.20. The number of methoxy groups -OCH3 is 1. The monoisotopic (exact) mass is 354 g/mol. The van der Waals surface area contributed by atoms with Gasteiger partial charge in [-0.25, -0.2) is 0 Å². The number of hydrogen-bond donors (Lipinski definition) is 2. The molecule has 1 fully saturated rings. The van der Waals surface area contributed by atoms with Crippen LogP contribution < -0.4 is 9.47 Å². The molecule has 1 aromatic rings. The maximum atomic E-state index is 10.7. The Balaban J connectivity index is 1.64. The van der Waals surface area contributed by atoms with E-state index in [9.17, 15) is 5.11 Å². The number of rotatable bonds is 4. The Morgan fingerprint density at radius 2 is 2.27 bits per heavy atom. The molecule has 0 saturated carbocycles. The summed E-state index contributed by atoms with van der Waals surface area (Å²) in [6.07, 6.45) is 6.15. The summed E-state index contributed by atoms with van der Waals surface area (Å²) in [6, 6.07) is 4.60. The number of piperidine rings is 1. The molecular weight excluding hydrogens is 328 g/mol. The van der Waals surface area contributed by atoms with Gasteiger partial charge in [-0.2, -0.15) is 0 Å². The Hall–Kier alpha value is -1.85. The van der Waals surface area contributed by atoms with Crippen LogP contribution >= 0.6 is 0 Å². The van der Waals surface area contributed by atoms with Gasteiger partial charge >= 0.3 is 0 Å². The summed E-state index contributed by atoms with van der Waals surface area (Å²) >= 11 is 0. The molecule has 4 aliphatic rings. The van der Waals surface area contributed by atoms with Crippen molar-refractivity contribution >= 4 is 5.71 Å². The predicted octanol–water partition coefficient (Wildman–Crippen LogP) is 2.30. The third kappa shape index (κ3) is 1.96. The smallest absolute Gasteiger partial charge is 0.165 e. The summed E-state index contributed by atoms with van der Waals surface area (Å²) in [5, 5.41) is 18.5. The SMILES string of the molecule is COc1ccc2c3c1O[C@H]1[C@@H](O)C=CC4[C@@H](C2)N(CCC(C)=N)CC[C@@]341. The van der Waals surface area contributed by atoms with E-state index in [-0.39, 0.29) is 11.5 Å². The number of aliphatic hydroxyl groups excluding tert-OH is 1. The summed E-state index contributed by atoms with van der Waals surface area (Å²) in [6.45, 7) is 3.82. The first-order valence-electron chi connectivity index (χ1n) is 9.57. The first-order chi connectivity index (χ1) is 12.6. The van der Waals surface area contributed by atoms with Gasteiger partial charge in [-0.15, -0.1) is 0 Å². The molecule has 26 heavy (non-hydrogen) atoms. The molecular formula is C21H26N2O3. The molecule has 5 heteroatoms. The van der Waals surface area contributed by atoms with Crippen LogP contribution in [-0.4, -0.2) is 54.2 Å². The quantitative estimate of drug-likeness (QED) is 0.643. The highest BCUT2D eigenvalue weighted by molar-refractivity contribution is 5.78. The van der Waals surface area contributed by atoms with Crippen molar-refractivity contribution in [1.29, 1.82) is 5.41 Å². The van der Waals surface area contributed by atoms with Gasteiger partial charge in [-0.3, -0.25) is 4.90 Å². The molecule has 1 unspecified atom stereocenters. The average Bonchev–Trinajstić information content (AvgIpc) is 2.97. The molecule has 1 saturated heterocycles. The second-order valence-corrected chi connectivity index (χ2v) is 8.20. The molecule has 2 heterocycles. The van der Waals surface area contributed by atoms with Crippen molar-refractivity contribution in [2.45, 2.75) is 49.9 Å². The van der Waals surface area contributed by atoms with E-state index >= 15 is 0 Å². The second kappa shape index (κ2) is 5.57. The number of likely N-dealkylation sites (tertiary alicyclic amines) is 1. The summed E-state index contributed by atoms with van der Waals surface area (Å²) in [4.78, 5) is 2.55. The molecule has 5 nitrogen and oxygen atoms in total. The lowest BCUT2D eigenvalue weighted by molar-refractivity contribution is -0.0509. The zero-order chi connectivity index (χ0) is 18.1. The topological polar surface area (TPSA) is 65.8 Å². The minimum absolute atomic E-state index is 0.146.